The van der Waals surface area contributed by atoms with E-state index < -0.39 is 97.5 Å². The fourth-order valence-corrected chi connectivity index (χ4v) is 11.5. The van der Waals surface area contributed by atoms with E-state index in [0.29, 0.717) is 25.7 Å². The molecule has 0 aromatic heterocycles. The Kier molecular flexibility index (Phi) is 58.3. The molecule has 0 aliphatic heterocycles. The van der Waals surface area contributed by atoms with Crippen LogP contribution >= 0.6 is 15.6 Å². The molecule has 0 radical (unpaired) electrons. The van der Waals surface area contributed by atoms with Gasteiger partial charge in [0, 0.05) is 25.7 Å². The van der Waals surface area contributed by atoms with Gasteiger partial charge in [-0.1, -0.05) is 285 Å². The number of aliphatic hydroxyl groups excluding tert-OH is 1. The van der Waals surface area contributed by atoms with Crippen molar-refractivity contribution in [1.82, 2.24) is 0 Å². The van der Waals surface area contributed by atoms with Crippen LogP contribution in [0.15, 0.2) is 0 Å². The van der Waals surface area contributed by atoms with Crippen molar-refractivity contribution in [2.45, 2.75) is 355 Å². The lowest BCUT2D eigenvalue weighted by atomic mass is 9.99. The second-order valence-corrected chi connectivity index (χ2v) is 27.0. The predicted octanol–water partition coefficient (Wildman–Crippen LogP) is 18.6. The molecular formula is C66H128O17P2. The molecule has 19 heteroatoms. The molecule has 0 aromatic rings. The van der Waals surface area contributed by atoms with Gasteiger partial charge in [-0.15, -0.1) is 0 Å². The highest BCUT2D eigenvalue weighted by atomic mass is 31.2. The van der Waals surface area contributed by atoms with Crippen LogP contribution in [-0.4, -0.2) is 96.7 Å². The van der Waals surface area contributed by atoms with Crippen LogP contribution in [0.5, 0.6) is 0 Å². The number of carbonyl (C=O) groups is 4. The first kappa shape index (κ1) is 83.1. The van der Waals surface area contributed by atoms with Crippen LogP contribution in [0.25, 0.3) is 0 Å². The number of aliphatic hydroxyl groups is 1. The van der Waals surface area contributed by atoms with Crippen LogP contribution in [0.2, 0.25) is 0 Å². The summed E-state index contributed by atoms with van der Waals surface area (Å²) in [5.74, 6) is -1.33. The van der Waals surface area contributed by atoms with Gasteiger partial charge < -0.3 is 33.8 Å². The second-order valence-electron chi connectivity index (χ2n) is 24.1. The van der Waals surface area contributed by atoms with Gasteiger partial charge in [0.05, 0.1) is 26.4 Å². The molecule has 6 atom stereocenters. The first-order valence-electron chi connectivity index (χ1n) is 34.7. The molecule has 0 fully saturated rings. The summed E-state index contributed by atoms with van der Waals surface area (Å²) in [6.07, 6.45) is 44.7. The van der Waals surface area contributed by atoms with Crippen molar-refractivity contribution >= 4 is 39.5 Å². The minimum atomic E-state index is -4.95. The highest BCUT2D eigenvalue weighted by Gasteiger charge is 2.30. The number of hydrogen-bond acceptors (Lipinski definition) is 15. The number of hydrogen-bond donors (Lipinski definition) is 3. The van der Waals surface area contributed by atoms with E-state index in [9.17, 15) is 43.2 Å². The van der Waals surface area contributed by atoms with Gasteiger partial charge in [-0.25, -0.2) is 9.13 Å². The van der Waals surface area contributed by atoms with E-state index in [1.807, 2.05) is 0 Å². The maximum Gasteiger partial charge on any atom is 0.472 e. The third-order valence-corrected chi connectivity index (χ3v) is 17.5. The molecule has 85 heavy (non-hydrogen) atoms. The number of carbonyl (C=O) groups excluding carboxylic acids is 4. The standard InChI is InChI=1S/C66H128O17P2/c1-6-10-13-16-18-20-22-23-24-25-26-27-33-37-42-47-52-66(71)83-62(56-77-64(69)50-45-40-35-32-29-28-30-34-39-43-48-59(5)9-4)58-81-85(74,75)79-54-60(67)53-78-84(72,73)80-57-61(55-76-63(68)49-44-38-15-12-8-3)82-65(70)51-46-41-36-31-21-19-17-14-11-7-2/h59-62,67H,6-58H2,1-5H3,(H,72,73)(H,74,75)/t59?,60-,61+,62+/m0/s1. The lowest BCUT2D eigenvalue weighted by molar-refractivity contribution is -0.161. The molecule has 0 aromatic carbocycles. The zero-order chi connectivity index (χ0) is 62.8. The van der Waals surface area contributed by atoms with Gasteiger partial charge in [-0.05, 0) is 31.6 Å². The van der Waals surface area contributed by atoms with Gasteiger partial charge in [0.15, 0.2) is 12.2 Å². The molecule has 3 N–H and O–H groups in total. The summed E-state index contributed by atoms with van der Waals surface area (Å²) >= 11 is 0. The Bertz CT molecular complexity index is 1650. The fraction of sp³-hybridized carbons (Fsp3) is 0.939. The zero-order valence-electron chi connectivity index (χ0n) is 54.7. The summed E-state index contributed by atoms with van der Waals surface area (Å²) in [6, 6.07) is 0. The number of phosphoric acid groups is 2. The molecular weight excluding hydrogens is 1130 g/mol. The molecule has 0 aliphatic rings. The van der Waals surface area contributed by atoms with Crippen molar-refractivity contribution in [1.29, 1.82) is 0 Å². The summed E-state index contributed by atoms with van der Waals surface area (Å²) in [7, 11) is -9.88. The SMILES string of the molecule is CCCCCCCCCCCCCCCCCCC(=O)O[C@H](COC(=O)CCCCCCCCCCCCC(C)CC)COP(=O)(O)OC[C@@H](O)COP(=O)(O)OC[C@@H](COC(=O)CCCCCCC)OC(=O)CCCCCCCCCCCC. The number of esters is 4. The van der Waals surface area contributed by atoms with Crippen LogP contribution in [0.3, 0.4) is 0 Å². The second kappa shape index (κ2) is 59.7. The lowest BCUT2D eigenvalue weighted by Crippen LogP contribution is -2.30. The summed E-state index contributed by atoms with van der Waals surface area (Å²) < 4.78 is 67.9. The van der Waals surface area contributed by atoms with E-state index in [1.54, 1.807) is 0 Å². The van der Waals surface area contributed by atoms with Crippen molar-refractivity contribution < 1.29 is 80.2 Å². The fourth-order valence-electron chi connectivity index (χ4n) is 9.90. The van der Waals surface area contributed by atoms with Gasteiger partial charge >= 0.3 is 39.5 Å². The highest BCUT2D eigenvalue weighted by Crippen LogP contribution is 2.45. The van der Waals surface area contributed by atoms with Crippen molar-refractivity contribution in [3.63, 3.8) is 0 Å². The summed E-state index contributed by atoms with van der Waals surface area (Å²) in [5.41, 5.74) is 0. The number of rotatable bonds is 66. The molecule has 0 amide bonds. The molecule has 3 unspecified atom stereocenters. The highest BCUT2D eigenvalue weighted by molar-refractivity contribution is 7.47. The van der Waals surface area contributed by atoms with Gasteiger partial charge in [0.1, 0.15) is 19.3 Å². The average Bonchev–Trinajstić information content (AvgIpc) is 3.60. The topological polar surface area (TPSA) is 237 Å². The minimum Gasteiger partial charge on any atom is -0.462 e. The largest absolute Gasteiger partial charge is 0.472 e. The Morgan fingerprint density at radius 3 is 0.835 bits per heavy atom. The molecule has 0 saturated carbocycles. The monoisotopic (exact) mass is 1250 g/mol. The molecule has 0 saturated heterocycles. The van der Waals surface area contributed by atoms with Crippen LogP contribution in [0.4, 0.5) is 0 Å². The summed E-state index contributed by atoms with van der Waals surface area (Å²) in [5, 5.41) is 10.5. The van der Waals surface area contributed by atoms with E-state index in [1.165, 1.54) is 154 Å². The summed E-state index contributed by atoms with van der Waals surface area (Å²) in [4.78, 5) is 72.1. The van der Waals surface area contributed by atoms with E-state index in [4.69, 9.17) is 37.0 Å². The lowest BCUT2D eigenvalue weighted by Gasteiger charge is -2.21. The van der Waals surface area contributed by atoms with E-state index >= 15 is 0 Å². The molecule has 0 bridgehead atoms. The first-order valence-corrected chi connectivity index (χ1v) is 37.7. The van der Waals surface area contributed by atoms with E-state index in [2.05, 4.69) is 34.6 Å². The third kappa shape index (κ3) is 59.5. The third-order valence-electron chi connectivity index (χ3n) is 15.6. The van der Waals surface area contributed by atoms with Crippen molar-refractivity contribution in [2.24, 2.45) is 5.92 Å². The van der Waals surface area contributed by atoms with Crippen molar-refractivity contribution in [2.75, 3.05) is 39.6 Å². The maximum absolute atomic E-state index is 13.0. The quantitative estimate of drug-likeness (QED) is 0.0222. The number of ether oxygens (including phenoxy) is 4. The molecule has 0 spiro atoms. The van der Waals surface area contributed by atoms with Crippen molar-refractivity contribution in [3.05, 3.63) is 0 Å². The number of unbranched alkanes of at least 4 members (excludes halogenated alkanes) is 37. The Labute approximate surface area is 517 Å². The molecule has 0 aliphatic carbocycles. The molecule has 17 nitrogen and oxygen atoms in total. The predicted molar refractivity (Wildman–Crippen MR) is 340 cm³/mol. The van der Waals surface area contributed by atoms with Crippen molar-refractivity contribution in [3.8, 4) is 0 Å². The Balaban J connectivity index is 5.17. The van der Waals surface area contributed by atoms with Gasteiger partial charge in [0.25, 0.3) is 0 Å². The van der Waals surface area contributed by atoms with Gasteiger partial charge in [-0.3, -0.25) is 37.3 Å². The minimum absolute atomic E-state index is 0.106. The van der Waals surface area contributed by atoms with Crippen LogP contribution in [-0.2, 0) is 65.4 Å². The van der Waals surface area contributed by atoms with E-state index in [-0.39, 0.29) is 25.7 Å². The Morgan fingerprint density at radius 2 is 0.565 bits per heavy atom. The van der Waals surface area contributed by atoms with Crippen LogP contribution in [0.1, 0.15) is 336 Å². The normalized spacial score (nSPS) is 14.5. The smallest absolute Gasteiger partial charge is 0.462 e. The molecule has 504 valence electrons. The van der Waals surface area contributed by atoms with Crippen LogP contribution in [0, 0.1) is 5.92 Å². The maximum atomic E-state index is 13.0. The van der Waals surface area contributed by atoms with Gasteiger partial charge in [-0.2, -0.15) is 0 Å². The Hall–Kier alpha value is -1.94. The molecule has 0 rings (SSSR count). The Morgan fingerprint density at radius 1 is 0.329 bits per heavy atom. The van der Waals surface area contributed by atoms with Gasteiger partial charge in [0.2, 0.25) is 0 Å². The van der Waals surface area contributed by atoms with E-state index in [0.717, 1.165) is 102 Å². The first-order chi connectivity index (χ1) is 41.1. The summed E-state index contributed by atoms with van der Waals surface area (Å²) in [6.45, 7) is 7.15. The average molecular weight is 1260 g/mol. The molecule has 0 heterocycles. The van der Waals surface area contributed by atoms with Crippen LogP contribution < -0.4 is 0 Å². The number of phosphoric ester groups is 2. The zero-order valence-corrected chi connectivity index (χ0v) is 56.5.